The summed E-state index contributed by atoms with van der Waals surface area (Å²) < 4.78 is 2.93. The molecular weight excluding hydrogens is 386 g/mol. The lowest BCUT2D eigenvalue weighted by Crippen LogP contribution is -2.17. The van der Waals surface area contributed by atoms with E-state index in [-0.39, 0.29) is 17.7 Å². The minimum absolute atomic E-state index is 0.0652. The fraction of sp³-hybridized carbons (Fsp3) is 0.238. The average molecular weight is 407 g/mol. The molecule has 8 heteroatoms. The second-order valence-electron chi connectivity index (χ2n) is 7.07. The second kappa shape index (κ2) is 8.00. The van der Waals surface area contributed by atoms with Crippen LogP contribution in [0.5, 0.6) is 0 Å². The van der Waals surface area contributed by atoms with Crippen molar-refractivity contribution in [3.05, 3.63) is 48.8 Å². The number of amides is 2. The van der Waals surface area contributed by atoms with Gasteiger partial charge in [0.15, 0.2) is 5.13 Å². The van der Waals surface area contributed by atoms with Crippen LogP contribution in [0.3, 0.4) is 0 Å². The number of hydrogen-bond donors (Lipinski definition) is 2. The molecule has 4 aromatic rings. The molecule has 0 fully saturated rings. The maximum Gasteiger partial charge on any atom is 0.228 e. The van der Waals surface area contributed by atoms with Gasteiger partial charge in [0.05, 0.1) is 27.6 Å². The predicted octanol–water partition coefficient (Wildman–Crippen LogP) is 4.27. The van der Waals surface area contributed by atoms with Crippen molar-refractivity contribution >= 4 is 55.2 Å². The Morgan fingerprint density at radius 2 is 1.93 bits per heavy atom. The molecule has 4 rings (SSSR count). The molecule has 2 amide bonds. The molecule has 2 N–H and O–H groups in total. The van der Waals surface area contributed by atoms with Gasteiger partial charge in [-0.2, -0.15) is 0 Å². The van der Waals surface area contributed by atoms with Crippen molar-refractivity contribution in [1.82, 2.24) is 14.5 Å². The van der Waals surface area contributed by atoms with E-state index in [1.54, 1.807) is 6.33 Å². The van der Waals surface area contributed by atoms with Crippen LogP contribution in [0.1, 0.15) is 20.3 Å². The Bertz CT molecular complexity index is 1190. The molecule has 0 aliphatic rings. The average Bonchev–Trinajstić information content (AvgIpc) is 3.29. The van der Waals surface area contributed by atoms with Crippen molar-refractivity contribution < 1.29 is 9.59 Å². The van der Waals surface area contributed by atoms with E-state index in [2.05, 4.69) is 20.6 Å². The Hall–Kier alpha value is -3.26. The van der Waals surface area contributed by atoms with Crippen molar-refractivity contribution in [1.29, 1.82) is 0 Å². The molecule has 0 saturated carbocycles. The lowest BCUT2D eigenvalue weighted by atomic mass is 10.2. The number of nitrogens with one attached hydrogen (secondary N) is 2. The molecule has 29 heavy (non-hydrogen) atoms. The van der Waals surface area contributed by atoms with Crippen molar-refractivity contribution in [2.24, 2.45) is 5.92 Å². The van der Waals surface area contributed by atoms with Crippen LogP contribution in [0.2, 0.25) is 0 Å². The molecule has 7 nitrogen and oxygen atoms in total. The highest BCUT2D eigenvalue weighted by Gasteiger charge is 2.12. The lowest BCUT2D eigenvalue weighted by molar-refractivity contribution is -0.119. The summed E-state index contributed by atoms with van der Waals surface area (Å²) in [6.45, 7) is 4.22. The van der Waals surface area contributed by atoms with Crippen LogP contribution < -0.4 is 10.6 Å². The summed E-state index contributed by atoms with van der Waals surface area (Å²) in [6.07, 6.45) is 2.09. The zero-order chi connectivity index (χ0) is 20.4. The highest BCUT2D eigenvalue weighted by molar-refractivity contribution is 7.22. The smallest absolute Gasteiger partial charge is 0.228 e. The third-order valence-corrected chi connectivity index (χ3v) is 5.48. The van der Waals surface area contributed by atoms with Gasteiger partial charge in [0.1, 0.15) is 0 Å². The summed E-state index contributed by atoms with van der Waals surface area (Å²) in [6, 6.07) is 13.4. The van der Waals surface area contributed by atoms with Crippen LogP contribution >= 0.6 is 11.3 Å². The van der Waals surface area contributed by atoms with Gasteiger partial charge in [0.2, 0.25) is 11.8 Å². The van der Waals surface area contributed by atoms with E-state index in [0.717, 1.165) is 21.3 Å². The van der Waals surface area contributed by atoms with Gasteiger partial charge in [0.25, 0.3) is 0 Å². The first-order chi connectivity index (χ1) is 14.0. The number of aromatic nitrogens is 3. The topological polar surface area (TPSA) is 88.9 Å². The van der Waals surface area contributed by atoms with Crippen LogP contribution in [0.25, 0.3) is 21.3 Å². The van der Waals surface area contributed by atoms with Gasteiger partial charge >= 0.3 is 0 Å². The number of carbonyl (C=O) groups excluding carboxylic acids is 2. The lowest BCUT2D eigenvalue weighted by Gasteiger charge is -2.06. The number of nitrogens with zero attached hydrogens (tertiary/aromatic N) is 3. The molecular formula is C21H21N5O2S. The van der Waals surface area contributed by atoms with Crippen molar-refractivity contribution in [3.8, 4) is 0 Å². The van der Waals surface area contributed by atoms with Crippen molar-refractivity contribution in [2.45, 2.75) is 26.8 Å². The van der Waals surface area contributed by atoms with Gasteiger partial charge in [-0.05, 0) is 30.3 Å². The van der Waals surface area contributed by atoms with Gasteiger partial charge in [0, 0.05) is 24.6 Å². The largest absolute Gasteiger partial charge is 0.330 e. The van der Waals surface area contributed by atoms with Crippen molar-refractivity contribution in [3.63, 3.8) is 0 Å². The van der Waals surface area contributed by atoms with E-state index in [1.807, 2.05) is 60.9 Å². The van der Waals surface area contributed by atoms with Crippen LogP contribution in [-0.4, -0.2) is 26.3 Å². The summed E-state index contributed by atoms with van der Waals surface area (Å²) in [7, 11) is 0. The zero-order valence-electron chi connectivity index (χ0n) is 16.2. The summed E-state index contributed by atoms with van der Waals surface area (Å²) in [5.74, 6) is -0.250. The predicted molar refractivity (Wildman–Crippen MR) is 116 cm³/mol. The Morgan fingerprint density at radius 1 is 1.10 bits per heavy atom. The Balaban J connectivity index is 1.40. The maximum absolute atomic E-state index is 12.4. The van der Waals surface area contributed by atoms with E-state index in [9.17, 15) is 9.59 Å². The fourth-order valence-corrected chi connectivity index (χ4v) is 3.79. The number of hydrogen-bond acceptors (Lipinski definition) is 5. The standard InChI is InChI=1S/C21H21N5O2S/c1-13(2)20(28)25-21-24-16-11-14(7-8-18(16)29-21)23-19(27)9-10-26-12-22-15-5-3-4-6-17(15)26/h3-8,11-13H,9-10H2,1-2H3,(H,23,27)(H,24,25,28). The quantitative estimate of drug-likeness (QED) is 0.500. The molecule has 2 heterocycles. The van der Waals surface area contributed by atoms with Crippen molar-refractivity contribution in [2.75, 3.05) is 10.6 Å². The number of rotatable bonds is 6. The molecule has 2 aromatic heterocycles. The second-order valence-corrected chi connectivity index (χ2v) is 8.10. The Kier molecular flexibility index (Phi) is 5.26. The Labute approximate surface area is 171 Å². The number of carbonyl (C=O) groups is 2. The van der Waals surface area contributed by atoms with Crippen LogP contribution in [0.4, 0.5) is 10.8 Å². The first-order valence-electron chi connectivity index (χ1n) is 9.41. The summed E-state index contributed by atoms with van der Waals surface area (Å²) in [5, 5.41) is 6.30. The maximum atomic E-state index is 12.4. The highest BCUT2D eigenvalue weighted by Crippen LogP contribution is 2.28. The SMILES string of the molecule is CC(C)C(=O)Nc1nc2cc(NC(=O)CCn3cnc4ccccc43)ccc2s1. The Morgan fingerprint density at radius 3 is 2.76 bits per heavy atom. The van der Waals surface area contributed by atoms with Crippen LogP contribution in [0, 0.1) is 5.92 Å². The van der Waals surface area contributed by atoms with E-state index < -0.39 is 0 Å². The summed E-state index contributed by atoms with van der Waals surface area (Å²) in [5.41, 5.74) is 3.36. The molecule has 0 spiro atoms. The van der Waals surface area contributed by atoms with Gasteiger partial charge in [-0.25, -0.2) is 9.97 Å². The molecule has 0 bridgehead atoms. The first kappa shape index (κ1) is 19.1. The van der Waals surface area contributed by atoms with Gasteiger partial charge in [-0.15, -0.1) is 0 Å². The highest BCUT2D eigenvalue weighted by atomic mass is 32.1. The third-order valence-electron chi connectivity index (χ3n) is 4.53. The van der Waals surface area contributed by atoms with Gasteiger partial charge < -0.3 is 15.2 Å². The third kappa shape index (κ3) is 4.27. The number of para-hydroxylation sites is 2. The molecule has 2 aromatic carbocycles. The molecule has 0 aliphatic carbocycles. The van der Waals surface area contributed by atoms with Gasteiger partial charge in [-0.3, -0.25) is 9.59 Å². The number of aryl methyl sites for hydroxylation is 1. The van der Waals surface area contributed by atoms with E-state index >= 15 is 0 Å². The molecule has 0 aliphatic heterocycles. The normalized spacial score (nSPS) is 11.3. The molecule has 0 atom stereocenters. The monoisotopic (exact) mass is 407 g/mol. The van der Waals surface area contributed by atoms with E-state index in [0.29, 0.717) is 23.8 Å². The first-order valence-corrected chi connectivity index (χ1v) is 10.2. The number of fused-ring (bicyclic) bond motifs is 2. The number of imidazole rings is 1. The molecule has 0 radical (unpaired) electrons. The minimum Gasteiger partial charge on any atom is -0.330 e. The summed E-state index contributed by atoms with van der Waals surface area (Å²) in [4.78, 5) is 33.0. The van der Waals surface area contributed by atoms with Crippen LogP contribution in [-0.2, 0) is 16.1 Å². The van der Waals surface area contributed by atoms with Gasteiger partial charge in [-0.1, -0.05) is 37.3 Å². The zero-order valence-corrected chi connectivity index (χ0v) is 17.0. The fourth-order valence-electron chi connectivity index (χ4n) is 2.94. The summed E-state index contributed by atoms with van der Waals surface area (Å²) >= 11 is 1.41. The number of thiazole rings is 1. The van der Waals surface area contributed by atoms with E-state index in [1.165, 1.54) is 11.3 Å². The van der Waals surface area contributed by atoms with Crippen LogP contribution in [0.15, 0.2) is 48.8 Å². The van der Waals surface area contributed by atoms with E-state index in [4.69, 9.17) is 0 Å². The number of benzene rings is 2. The molecule has 0 unspecified atom stereocenters. The number of anilines is 2. The minimum atomic E-state index is -0.107. The molecule has 148 valence electrons. The molecule has 0 saturated heterocycles.